The Kier molecular flexibility index (Phi) is 5.56. The smallest absolute Gasteiger partial charge is 0.228 e. The van der Waals surface area contributed by atoms with Gasteiger partial charge in [-0.25, -0.2) is 4.39 Å². The molecule has 1 heterocycles. The van der Waals surface area contributed by atoms with E-state index >= 15 is 0 Å². The van der Waals surface area contributed by atoms with Crippen molar-refractivity contribution in [2.24, 2.45) is 0 Å². The summed E-state index contributed by atoms with van der Waals surface area (Å²) >= 11 is 0. The molecule has 146 valence electrons. The zero-order chi connectivity index (χ0) is 20.1. The number of carbonyl (C=O) groups excluding carboxylic acids is 1. The number of para-hydroxylation sites is 1. The number of rotatable bonds is 7. The van der Waals surface area contributed by atoms with Gasteiger partial charge in [-0.2, -0.15) is 0 Å². The maximum Gasteiger partial charge on any atom is 0.228 e. The molecule has 0 atom stereocenters. The van der Waals surface area contributed by atoms with E-state index in [0.717, 1.165) is 24.2 Å². The summed E-state index contributed by atoms with van der Waals surface area (Å²) in [7, 11) is 0. The molecule has 1 aromatic heterocycles. The van der Waals surface area contributed by atoms with Crippen molar-refractivity contribution in [1.29, 1.82) is 0 Å². The van der Waals surface area contributed by atoms with E-state index in [2.05, 4.69) is 33.9 Å². The lowest BCUT2D eigenvalue weighted by molar-refractivity contribution is -0.115. The van der Waals surface area contributed by atoms with Gasteiger partial charge in [0.05, 0.1) is 6.42 Å². The number of hydrogen-bond donors (Lipinski definition) is 3. The van der Waals surface area contributed by atoms with Crippen LogP contribution in [0.3, 0.4) is 0 Å². The van der Waals surface area contributed by atoms with Crippen LogP contribution in [-0.2, 0) is 17.6 Å². The molecule has 29 heavy (non-hydrogen) atoms. The second-order valence-corrected chi connectivity index (χ2v) is 6.93. The molecule has 3 aromatic carbocycles. The van der Waals surface area contributed by atoms with Crippen molar-refractivity contribution < 1.29 is 9.18 Å². The number of hydrogen-bond acceptors (Lipinski definition) is 2. The first-order valence-corrected chi connectivity index (χ1v) is 9.61. The van der Waals surface area contributed by atoms with Crippen LogP contribution in [0.4, 0.5) is 15.8 Å². The van der Waals surface area contributed by atoms with Gasteiger partial charge >= 0.3 is 0 Å². The zero-order valence-electron chi connectivity index (χ0n) is 15.9. The van der Waals surface area contributed by atoms with Gasteiger partial charge in [-0.05, 0) is 53.9 Å². The summed E-state index contributed by atoms with van der Waals surface area (Å²) in [5.74, 6) is -0.604. The number of amides is 1. The lowest BCUT2D eigenvalue weighted by atomic mass is 10.1. The van der Waals surface area contributed by atoms with Crippen LogP contribution in [0.1, 0.15) is 11.1 Å². The van der Waals surface area contributed by atoms with E-state index in [0.29, 0.717) is 11.3 Å². The molecular weight excluding hydrogens is 365 g/mol. The van der Waals surface area contributed by atoms with Crippen LogP contribution in [0.2, 0.25) is 0 Å². The van der Waals surface area contributed by atoms with Gasteiger partial charge in [0.25, 0.3) is 0 Å². The third-order valence-corrected chi connectivity index (χ3v) is 4.88. The van der Waals surface area contributed by atoms with Crippen molar-refractivity contribution in [1.82, 2.24) is 4.98 Å². The first-order valence-electron chi connectivity index (χ1n) is 9.61. The molecule has 0 saturated heterocycles. The molecule has 0 bridgehead atoms. The van der Waals surface area contributed by atoms with Crippen LogP contribution in [0.15, 0.2) is 79.0 Å². The number of benzene rings is 3. The van der Waals surface area contributed by atoms with Crippen molar-refractivity contribution in [3.63, 3.8) is 0 Å². The maximum atomic E-state index is 13.7. The van der Waals surface area contributed by atoms with Crippen molar-refractivity contribution in [3.8, 4) is 0 Å². The van der Waals surface area contributed by atoms with Crippen LogP contribution < -0.4 is 10.6 Å². The molecule has 0 saturated carbocycles. The van der Waals surface area contributed by atoms with Gasteiger partial charge in [0, 0.05) is 35.0 Å². The summed E-state index contributed by atoms with van der Waals surface area (Å²) in [5.41, 5.74) is 4.49. The second kappa shape index (κ2) is 8.61. The predicted octanol–water partition coefficient (Wildman–Crippen LogP) is 5.14. The average Bonchev–Trinajstić information content (AvgIpc) is 3.14. The van der Waals surface area contributed by atoms with E-state index in [1.165, 1.54) is 17.0 Å². The molecule has 3 N–H and O–H groups in total. The Morgan fingerprint density at radius 2 is 1.59 bits per heavy atom. The Hall–Kier alpha value is -3.60. The van der Waals surface area contributed by atoms with E-state index in [1.807, 2.05) is 36.4 Å². The zero-order valence-corrected chi connectivity index (χ0v) is 15.9. The lowest BCUT2D eigenvalue weighted by Gasteiger charge is -2.09. The third kappa shape index (κ3) is 4.63. The molecule has 0 aliphatic carbocycles. The molecule has 0 fully saturated rings. The number of aromatic nitrogens is 1. The van der Waals surface area contributed by atoms with E-state index in [-0.39, 0.29) is 18.1 Å². The molecule has 0 unspecified atom stereocenters. The van der Waals surface area contributed by atoms with E-state index in [9.17, 15) is 9.18 Å². The summed E-state index contributed by atoms with van der Waals surface area (Å²) < 4.78 is 13.7. The Bertz CT molecular complexity index is 1120. The minimum absolute atomic E-state index is 0.0112. The lowest BCUT2D eigenvalue weighted by Crippen LogP contribution is -2.15. The van der Waals surface area contributed by atoms with Gasteiger partial charge in [-0.1, -0.05) is 36.4 Å². The van der Waals surface area contributed by atoms with Crippen molar-refractivity contribution in [2.45, 2.75) is 12.8 Å². The molecule has 4 rings (SSSR count). The molecule has 0 radical (unpaired) electrons. The number of H-pyrrole nitrogens is 1. The van der Waals surface area contributed by atoms with Crippen LogP contribution >= 0.6 is 0 Å². The summed E-state index contributed by atoms with van der Waals surface area (Å²) in [6.07, 6.45) is 2.98. The minimum atomic E-state index is -0.364. The summed E-state index contributed by atoms with van der Waals surface area (Å²) in [6.45, 7) is 0.806. The first kappa shape index (κ1) is 18.7. The monoisotopic (exact) mass is 387 g/mol. The quantitative estimate of drug-likeness (QED) is 0.411. The van der Waals surface area contributed by atoms with Crippen LogP contribution in [0, 0.1) is 5.82 Å². The van der Waals surface area contributed by atoms with Crippen LogP contribution in [-0.4, -0.2) is 17.4 Å². The number of fused-ring (bicyclic) bond motifs is 1. The van der Waals surface area contributed by atoms with Gasteiger partial charge in [0.1, 0.15) is 5.82 Å². The predicted molar refractivity (Wildman–Crippen MR) is 116 cm³/mol. The fourth-order valence-electron chi connectivity index (χ4n) is 3.37. The largest absolute Gasteiger partial charge is 0.385 e. The number of aromatic amines is 1. The molecule has 1 amide bonds. The highest BCUT2D eigenvalue weighted by molar-refractivity contribution is 5.92. The molecule has 4 nitrogen and oxygen atoms in total. The average molecular weight is 387 g/mol. The fourth-order valence-corrected chi connectivity index (χ4v) is 3.37. The third-order valence-electron chi connectivity index (χ3n) is 4.88. The first-order chi connectivity index (χ1) is 14.2. The number of carbonyl (C=O) groups is 1. The normalized spacial score (nSPS) is 10.8. The van der Waals surface area contributed by atoms with E-state index in [1.54, 1.807) is 18.2 Å². The highest BCUT2D eigenvalue weighted by Gasteiger charge is 2.08. The molecule has 0 spiro atoms. The van der Waals surface area contributed by atoms with E-state index in [4.69, 9.17) is 0 Å². The summed E-state index contributed by atoms with van der Waals surface area (Å²) in [6, 6.07) is 22.1. The van der Waals surface area contributed by atoms with Crippen LogP contribution in [0.25, 0.3) is 10.9 Å². The number of nitrogens with one attached hydrogen (secondary N) is 3. The standard InChI is InChI=1S/C24H22FN3O/c25-22-7-3-1-5-17(22)15-24(29)28-20-11-9-19(10-12-20)26-14-13-18-16-27-23-8-4-2-6-21(18)23/h1-12,16,26-27H,13-15H2,(H,28,29). The highest BCUT2D eigenvalue weighted by atomic mass is 19.1. The Morgan fingerprint density at radius 3 is 2.41 bits per heavy atom. The summed E-state index contributed by atoms with van der Waals surface area (Å²) in [4.78, 5) is 15.4. The molecule has 5 heteroatoms. The number of halogens is 1. The van der Waals surface area contributed by atoms with Gasteiger partial charge in [0.2, 0.25) is 5.91 Å². The van der Waals surface area contributed by atoms with Gasteiger partial charge in [-0.15, -0.1) is 0 Å². The fraction of sp³-hybridized carbons (Fsp3) is 0.125. The minimum Gasteiger partial charge on any atom is -0.385 e. The molecule has 0 aliphatic rings. The summed E-state index contributed by atoms with van der Waals surface area (Å²) in [5, 5.41) is 7.46. The Balaban J connectivity index is 1.29. The Morgan fingerprint density at radius 1 is 0.862 bits per heavy atom. The highest BCUT2D eigenvalue weighted by Crippen LogP contribution is 2.19. The van der Waals surface area contributed by atoms with Crippen molar-refractivity contribution in [3.05, 3.63) is 95.9 Å². The number of anilines is 2. The van der Waals surface area contributed by atoms with Crippen molar-refractivity contribution in [2.75, 3.05) is 17.2 Å². The van der Waals surface area contributed by atoms with Gasteiger partial charge in [0.15, 0.2) is 0 Å². The maximum absolute atomic E-state index is 13.7. The topological polar surface area (TPSA) is 56.9 Å². The molecule has 4 aromatic rings. The Labute approximate surface area is 168 Å². The molecule has 0 aliphatic heterocycles. The molecular formula is C24H22FN3O. The van der Waals surface area contributed by atoms with Crippen molar-refractivity contribution >= 4 is 28.2 Å². The van der Waals surface area contributed by atoms with E-state index < -0.39 is 0 Å². The van der Waals surface area contributed by atoms with Gasteiger partial charge in [-0.3, -0.25) is 4.79 Å². The second-order valence-electron chi connectivity index (χ2n) is 6.93. The van der Waals surface area contributed by atoms with Gasteiger partial charge < -0.3 is 15.6 Å². The van der Waals surface area contributed by atoms with Crippen LogP contribution in [0.5, 0.6) is 0 Å². The SMILES string of the molecule is O=C(Cc1ccccc1F)Nc1ccc(NCCc2c[nH]c3ccccc23)cc1.